The van der Waals surface area contributed by atoms with Crippen molar-refractivity contribution in [1.82, 2.24) is 5.32 Å². The number of amides is 2. The summed E-state index contributed by atoms with van der Waals surface area (Å²) in [5.74, 6) is -1.55. The maximum Gasteiger partial charge on any atom is 0.406 e. The highest BCUT2D eigenvalue weighted by atomic mass is 35.5. The molecule has 5 nitrogen and oxygen atoms in total. The summed E-state index contributed by atoms with van der Waals surface area (Å²) in [4.78, 5) is 25.7. The molecule has 0 atom stereocenters. The highest BCUT2D eigenvalue weighted by Gasteiger charge is 2.35. The van der Waals surface area contributed by atoms with Crippen LogP contribution in [0, 0.1) is 5.41 Å². The summed E-state index contributed by atoms with van der Waals surface area (Å²) in [6, 6.07) is 18.9. The summed E-state index contributed by atoms with van der Waals surface area (Å²) < 4.78 is 40.2. The summed E-state index contributed by atoms with van der Waals surface area (Å²) >= 11 is 11.8. The van der Waals surface area contributed by atoms with E-state index in [1.54, 1.807) is 42.5 Å². The number of nitrogens with one attached hydrogen (secondary N) is 2. The first kappa shape index (κ1) is 26.2. The molecule has 0 fully saturated rings. The summed E-state index contributed by atoms with van der Waals surface area (Å²) in [5.41, 5.74) is 1.04. The van der Waals surface area contributed by atoms with Gasteiger partial charge in [-0.15, -0.1) is 0 Å². The molecule has 3 aromatic rings. The van der Waals surface area contributed by atoms with Crippen molar-refractivity contribution in [3.05, 3.63) is 99.5 Å². The van der Waals surface area contributed by atoms with Crippen LogP contribution in [0.2, 0.25) is 10.0 Å². The number of carbonyl (C=O) groups excluding carboxylic acids is 2. The van der Waals surface area contributed by atoms with Gasteiger partial charge in [-0.3, -0.25) is 15.0 Å². The van der Waals surface area contributed by atoms with Gasteiger partial charge in [-0.05, 0) is 23.8 Å². The molecule has 10 heteroatoms. The van der Waals surface area contributed by atoms with Gasteiger partial charge in [0.1, 0.15) is 6.54 Å². The largest absolute Gasteiger partial charge is 0.406 e. The summed E-state index contributed by atoms with van der Waals surface area (Å²) in [6.07, 6.45) is -4.85. The highest BCUT2D eigenvalue weighted by Crippen LogP contribution is 2.27. The molecule has 0 unspecified atom stereocenters. The Morgan fingerprint density at radius 3 is 2.23 bits per heavy atom. The van der Waals surface area contributed by atoms with Crippen molar-refractivity contribution in [2.24, 2.45) is 0 Å². The third-order valence-electron chi connectivity index (χ3n) is 4.95. The van der Waals surface area contributed by atoms with Gasteiger partial charge in [0, 0.05) is 11.1 Å². The van der Waals surface area contributed by atoms with Gasteiger partial charge in [0.25, 0.3) is 0 Å². The fourth-order valence-corrected chi connectivity index (χ4v) is 3.66. The molecule has 0 aliphatic heterocycles. The highest BCUT2D eigenvalue weighted by molar-refractivity contribution is 6.42. The van der Waals surface area contributed by atoms with Crippen LogP contribution < -0.4 is 10.2 Å². The van der Waals surface area contributed by atoms with Crippen molar-refractivity contribution >= 4 is 46.4 Å². The lowest BCUT2D eigenvalue weighted by Gasteiger charge is -2.26. The fourth-order valence-electron chi connectivity index (χ4n) is 3.33. The number of rotatable bonds is 8. The lowest BCUT2D eigenvalue weighted by atomic mass is 10.00. The van der Waals surface area contributed by atoms with E-state index in [9.17, 15) is 22.8 Å². The van der Waals surface area contributed by atoms with Crippen LogP contribution in [0.4, 0.5) is 18.9 Å². The van der Waals surface area contributed by atoms with Crippen molar-refractivity contribution in [2.75, 3.05) is 18.0 Å². The van der Waals surface area contributed by atoms with Crippen molar-refractivity contribution in [2.45, 2.75) is 12.6 Å². The number of alkyl halides is 3. The molecule has 0 spiro atoms. The molecule has 2 amide bonds. The summed E-state index contributed by atoms with van der Waals surface area (Å²) in [5, 5.41) is 11.4. The number of hydrogen-bond acceptors (Lipinski definition) is 3. The van der Waals surface area contributed by atoms with E-state index in [4.69, 9.17) is 28.6 Å². The molecule has 182 valence electrons. The SMILES string of the molecule is N=C(c1ccccc1)c1ccccc1N(CC(F)(F)F)C(=O)CNC(=O)Cc1ccc(Cl)c(Cl)c1. The van der Waals surface area contributed by atoms with Crippen LogP contribution in [0.5, 0.6) is 0 Å². The van der Waals surface area contributed by atoms with Crippen molar-refractivity contribution in [3.63, 3.8) is 0 Å². The van der Waals surface area contributed by atoms with Gasteiger partial charge in [-0.1, -0.05) is 77.8 Å². The second kappa shape index (κ2) is 11.4. The molecule has 2 N–H and O–H groups in total. The monoisotopic (exact) mass is 521 g/mol. The van der Waals surface area contributed by atoms with E-state index in [1.165, 1.54) is 30.3 Å². The molecular weight excluding hydrogens is 502 g/mol. The lowest BCUT2D eigenvalue weighted by molar-refractivity contribution is -0.132. The Hall–Kier alpha value is -3.36. The van der Waals surface area contributed by atoms with Crippen LogP contribution in [0.1, 0.15) is 16.7 Å². The fraction of sp³-hybridized carbons (Fsp3) is 0.160. The molecule has 0 aliphatic carbocycles. The first-order valence-electron chi connectivity index (χ1n) is 10.4. The molecule has 0 aromatic heterocycles. The summed E-state index contributed by atoms with van der Waals surface area (Å²) in [7, 11) is 0. The Morgan fingerprint density at radius 1 is 0.914 bits per heavy atom. The smallest absolute Gasteiger partial charge is 0.347 e. The molecule has 0 saturated carbocycles. The number of nitrogens with zero attached hydrogens (tertiary/aromatic N) is 1. The van der Waals surface area contributed by atoms with E-state index in [0.717, 1.165) is 0 Å². The first-order valence-corrected chi connectivity index (χ1v) is 11.1. The van der Waals surface area contributed by atoms with Crippen molar-refractivity contribution in [1.29, 1.82) is 5.41 Å². The molecule has 0 heterocycles. The average molecular weight is 522 g/mol. The normalized spacial score (nSPS) is 11.1. The van der Waals surface area contributed by atoms with E-state index < -0.39 is 31.1 Å². The third-order valence-corrected chi connectivity index (χ3v) is 5.69. The van der Waals surface area contributed by atoms with E-state index in [1.807, 2.05) is 0 Å². The predicted octanol–water partition coefficient (Wildman–Crippen LogP) is 5.66. The Bertz CT molecular complexity index is 1230. The van der Waals surface area contributed by atoms with Crippen molar-refractivity contribution < 1.29 is 22.8 Å². The Morgan fingerprint density at radius 2 is 1.57 bits per heavy atom. The van der Waals surface area contributed by atoms with Gasteiger partial charge in [-0.2, -0.15) is 13.2 Å². The molecule has 3 rings (SSSR count). The number of anilines is 1. The number of halogens is 5. The maximum atomic E-state index is 13.4. The minimum absolute atomic E-state index is 0.0372. The second-order valence-electron chi connectivity index (χ2n) is 7.56. The summed E-state index contributed by atoms with van der Waals surface area (Å²) in [6.45, 7) is -2.24. The van der Waals surface area contributed by atoms with Crippen LogP contribution in [-0.4, -0.2) is 36.8 Å². The molecule has 3 aromatic carbocycles. The predicted molar refractivity (Wildman–Crippen MR) is 130 cm³/mol. The van der Waals surface area contributed by atoms with Gasteiger partial charge in [0.2, 0.25) is 11.8 Å². The zero-order valence-electron chi connectivity index (χ0n) is 18.2. The van der Waals surface area contributed by atoms with Gasteiger partial charge in [0.05, 0.1) is 34.4 Å². The third kappa shape index (κ3) is 7.31. The van der Waals surface area contributed by atoms with Crippen LogP contribution in [0.25, 0.3) is 0 Å². The van der Waals surface area contributed by atoms with Gasteiger partial charge >= 0.3 is 6.18 Å². The minimum atomic E-state index is -4.71. The molecule has 0 bridgehead atoms. The van der Waals surface area contributed by atoms with Gasteiger partial charge < -0.3 is 10.2 Å². The Kier molecular flexibility index (Phi) is 8.53. The Labute approximate surface area is 210 Å². The second-order valence-corrected chi connectivity index (χ2v) is 8.37. The van der Waals surface area contributed by atoms with E-state index in [-0.39, 0.29) is 28.4 Å². The topological polar surface area (TPSA) is 73.3 Å². The van der Waals surface area contributed by atoms with Gasteiger partial charge in [0.15, 0.2) is 0 Å². The number of benzene rings is 3. The van der Waals surface area contributed by atoms with Crippen LogP contribution >= 0.6 is 23.2 Å². The number of hydrogen-bond donors (Lipinski definition) is 2. The quantitative estimate of drug-likeness (QED) is 0.375. The van der Waals surface area contributed by atoms with Crippen molar-refractivity contribution in [3.8, 4) is 0 Å². The molecule has 0 radical (unpaired) electrons. The number of carbonyl (C=O) groups is 2. The van der Waals surface area contributed by atoms with Gasteiger partial charge in [-0.25, -0.2) is 0 Å². The average Bonchev–Trinajstić information content (AvgIpc) is 2.83. The zero-order valence-corrected chi connectivity index (χ0v) is 19.7. The molecule has 35 heavy (non-hydrogen) atoms. The van der Waals surface area contributed by atoms with Crippen LogP contribution in [0.3, 0.4) is 0 Å². The first-order chi connectivity index (χ1) is 16.5. The standard InChI is InChI=1S/C25H20Cl2F3N3O2/c26-19-11-10-16(12-20(19)27)13-22(34)32-14-23(35)33(15-25(28,29)30)21-9-5-4-8-18(21)24(31)17-6-2-1-3-7-17/h1-12,31H,13-15H2,(H,32,34). The molecule has 0 saturated heterocycles. The van der Waals surface area contributed by atoms with E-state index in [2.05, 4.69) is 5.32 Å². The minimum Gasteiger partial charge on any atom is -0.347 e. The van der Waals surface area contributed by atoms with E-state index >= 15 is 0 Å². The molecule has 0 aliphatic rings. The Balaban J connectivity index is 1.80. The molecular formula is C25H20Cl2F3N3O2. The van der Waals surface area contributed by atoms with E-state index in [0.29, 0.717) is 21.0 Å². The van der Waals surface area contributed by atoms with Crippen LogP contribution in [0.15, 0.2) is 72.8 Å². The lowest BCUT2D eigenvalue weighted by Crippen LogP contribution is -2.45. The zero-order chi connectivity index (χ0) is 25.6. The van der Waals surface area contributed by atoms with Crippen LogP contribution in [-0.2, 0) is 16.0 Å². The number of para-hydroxylation sites is 1. The maximum absolute atomic E-state index is 13.4.